The van der Waals surface area contributed by atoms with E-state index in [-0.39, 0.29) is 26.8 Å². The third-order valence-corrected chi connectivity index (χ3v) is 3.79. The fourth-order valence-corrected chi connectivity index (χ4v) is 2.55. The first-order valence-corrected chi connectivity index (χ1v) is 7.04. The number of hydrogen-bond acceptors (Lipinski definition) is 4. The summed E-state index contributed by atoms with van der Waals surface area (Å²) in [6.07, 6.45) is 1.24. The molecule has 23 heavy (non-hydrogen) atoms. The van der Waals surface area contributed by atoms with E-state index in [0.29, 0.717) is 6.07 Å². The summed E-state index contributed by atoms with van der Waals surface area (Å²) >= 11 is 3.04. The minimum atomic E-state index is -1.40. The van der Waals surface area contributed by atoms with Gasteiger partial charge in [0.05, 0.1) is 21.9 Å². The first-order valence-electron chi connectivity index (χ1n) is 6.25. The van der Waals surface area contributed by atoms with Crippen LogP contribution in [0.1, 0.15) is 10.4 Å². The van der Waals surface area contributed by atoms with Crippen LogP contribution in [0.15, 0.2) is 34.9 Å². The van der Waals surface area contributed by atoms with Crippen LogP contribution in [0.3, 0.4) is 0 Å². The van der Waals surface area contributed by atoms with Gasteiger partial charge in [-0.1, -0.05) is 0 Å². The Morgan fingerprint density at radius 2 is 1.96 bits per heavy atom. The quantitative estimate of drug-likeness (QED) is 0.707. The largest absolute Gasteiger partial charge is 0.506 e. The van der Waals surface area contributed by atoms with Crippen LogP contribution in [0.25, 0.3) is 22.3 Å². The standard InChI is InChI=1S/C15H7BrF2N2O3/c16-8-4-10-13(12(14(8)21)15(22)23)20-11(5-19-10)7-2-1-6(17)3-9(7)18/h1-5,21H,(H,22,23). The van der Waals surface area contributed by atoms with Gasteiger partial charge in [0.2, 0.25) is 0 Å². The Kier molecular flexibility index (Phi) is 3.69. The lowest BCUT2D eigenvalue weighted by molar-refractivity contribution is 0.0695. The lowest BCUT2D eigenvalue weighted by atomic mass is 10.1. The van der Waals surface area contributed by atoms with Crippen molar-refractivity contribution in [2.75, 3.05) is 0 Å². The van der Waals surface area contributed by atoms with Gasteiger partial charge in [0.15, 0.2) is 0 Å². The van der Waals surface area contributed by atoms with Gasteiger partial charge >= 0.3 is 5.97 Å². The molecular formula is C15H7BrF2N2O3. The Hall–Kier alpha value is -2.61. The molecule has 2 aromatic carbocycles. The SMILES string of the molecule is O=C(O)c1c(O)c(Br)cc2ncc(-c3ccc(F)cc3F)nc12. The second-order valence-corrected chi connectivity index (χ2v) is 5.49. The maximum absolute atomic E-state index is 13.9. The zero-order valence-electron chi connectivity index (χ0n) is 11.2. The fraction of sp³-hybridized carbons (Fsp3) is 0. The van der Waals surface area contributed by atoms with Crippen molar-refractivity contribution in [2.24, 2.45) is 0 Å². The van der Waals surface area contributed by atoms with Crippen molar-refractivity contribution in [3.8, 4) is 17.0 Å². The number of hydrogen-bond donors (Lipinski definition) is 2. The van der Waals surface area contributed by atoms with Crippen LogP contribution in [-0.4, -0.2) is 26.2 Å². The topological polar surface area (TPSA) is 83.3 Å². The van der Waals surface area contributed by atoms with E-state index < -0.39 is 28.9 Å². The highest BCUT2D eigenvalue weighted by atomic mass is 79.9. The highest BCUT2D eigenvalue weighted by Gasteiger charge is 2.20. The van der Waals surface area contributed by atoms with E-state index >= 15 is 0 Å². The molecule has 5 nitrogen and oxygen atoms in total. The number of fused-ring (bicyclic) bond motifs is 1. The van der Waals surface area contributed by atoms with E-state index in [9.17, 15) is 23.8 Å². The zero-order valence-corrected chi connectivity index (χ0v) is 12.8. The van der Waals surface area contributed by atoms with Crippen molar-refractivity contribution >= 4 is 32.9 Å². The van der Waals surface area contributed by atoms with Crippen molar-refractivity contribution in [2.45, 2.75) is 0 Å². The van der Waals surface area contributed by atoms with E-state index in [0.717, 1.165) is 6.07 Å². The summed E-state index contributed by atoms with van der Waals surface area (Å²) in [5.41, 5.74) is -0.345. The lowest BCUT2D eigenvalue weighted by Gasteiger charge is -2.08. The van der Waals surface area contributed by atoms with Crippen molar-refractivity contribution in [1.29, 1.82) is 0 Å². The van der Waals surface area contributed by atoms with Crippen LogP contribution >= 0.6 is 15.9 Å². The van der Waals surface area contributed by atoms with Gasteiger partial charge in [-0.15, -0.1) is 0 Å². The minimum Gasteiger partial charge on any atom is -0.506 e. The molecule has 0 unspecified atom stereocenters. The van der Waals surface area contributed by atoms with E-state index in [2.05, 4.69) is 25.9 Å². The third kappa shape index (κ3) is 2.61. The van der Waals surface area contributed by atoms with Gasteiger partial charge in [-0.2, -0.15) is 0 Å². The van der Waals surface area contributed by atoms with Crippen molar-refractivity contribution in [1.82, 2.24) is 9.97 Å². The molecule has 0 radical (unpaired) electrons. The van der Waals surface area contributed by atoms with Crippen LogP contribution in [0, 0.1) is 11.6 Å². The van der Waals surface area contributed by atoms with Crippen LogP contribution in [0.5, 0.6) is 5.75 Å². The van der Waals surface area contributed by atoms with Crippen LogP contribution in [-0.2, 0) is 0 Å². The summed E-state index contributed by atoms with van der Waals surface area (Å²) in [6, 6.07) is 4.33. The molecule has 0 atom stereocenters. The predicted octanol–water partition coefficient (Wildman–Crippen LogP) is 3.74. The highest BCUT2D eigenvalue weighted by Crippen LogP contribution is 2.34. The van der Waals surface area contributed by atoms with Crippen LogP contribution in [0.2, 0.25) is 0 Å². The molecular weight excluding hydrogens is 374 g/mol. The van der Waals surface area contributed by atoms with E-state index in [4.69, 9.17) is 0 Å². The van der Waals surface area contributed by atoms with Gasteiger partial charge in [0, 0.05) is 11.6 Å². The molecule has 3 rings (SSSR count). The maximum atomic E-state index is 13.9. The zero-order chi connectivity index (χ0) is 16.7. The summed E-state index contributed by atoms with van der Waals surface area (Å²) in [5, 5.41) is 19.2. The number of aromatic carboxylic acids is 1. The average molecular weight is 381 g/mol. The number of rotatable bonds is 2. The molecule has 0 aliphatic carbocycles. The Morgan fingerprint density at radius 1 is 1.22 bits per heavy atom. The normalized spacial score (nSPS) is 10.9. The Labute approximate surface area is 136 Å². The average Bonchev–Trinajstić information content (AvgIpc) is 2.48. The van der Waals surface area contributed by atoms with Gasteiger partial charge in [-0.3, -0.25) is 4.98 Å². The second kappa shape index (κ2) is 5.54. The molecule has 8 heteroatoms. The third-order valence-electron chi connectivity index (χ3n) is 3.19. The monoisotopic (exact) mass is 380 g/mol. The van der Waals surface area contributed by atoms with E-state index in [1.54, 1.807) is 0 Å². The number of benzene rings is 2. The number of carboxylic acid groups (broad SMARTS) is 1. The number of carboxylic acids is 1. The molecule has 0 amide bonds. The Balaban J connectivity index is 2.32. The molecule has 0 saturated heterocycles. The number of aromatic hydroxyl groups is 1. The molecule has 116 valence electrons. The van der Waals surface area contributed by atoms with Crippen LogP contribution < -0.4 is 0 Å². The molecule has 0 saturated carbocycles. The number of carbonyl (C=O) groups is 1. The summed E-state index contributed by atoms with van der Waals surface area (Å²) in [5.74, 6) is -3.50. The molecule has 0 spiro atoms. The fourth-order valence-electron chi connectivity index (χ4n) is 2.14. The summed E-state index contributed by atoms with van der Waals surface area (Å²) in [6.45, 7) is 0. The summed E-state index contributed by atoms with van der Waals surface area (Å²) < 4.78 is 27.0. The first kappa shape index (κ1) is 15.3. The Bertz CT molecular complexity index is 963. The summed E-state index contributed by atoms with van der Waals surface area (Å²) in [4.78, 5) is 19.5. The van der Waals surface area contributed by atoms with Gasteiger partial charge in [-0.05, 0) is 34.1 Å². The molecule has 0 bridgehead atoms. The molecule has 1 aromatic heterocycles. The van der Waals surface area contributed by atoms with Gasteiger partial charge in [-0.25, -0.2) is 18.6 Å². The van der Waals surface area contributed by atoms with Crippen molar-refractivity contribution in [3.63, 3.8) is 0 Å². The van der Waals surface area contributed by atoms with Crippen molar-refractivity contribution < 1.29 is 23.8 Å². The first-order chi connectivity index (χ1) is 10.9. The van der Waals surface area contributed by atoms with E-state index in [1.807, 2.05) is 0 Å². The molecule has 2 N–H and O–H groups in total. The van der Waals surface area contributed by atoms with Crippen molar-refractivity contribution in [3.05, 3.63) is 52.1 Å². The number of nitrogens with zero attached hydrogens (tertiary/aromatic N) is 2. The number of aromatic nitrogens is 2. The molecule has 3 aromatic rings. The number of phenols is 1. The van der Waals surface area contributed by atoms with Gasteiger partial charge in [0.25, 0.3) is 0 Å². The smallest absolute Gasteiger partial charge is 0.341 e. The summed E-state index contributed by atoms with van der Waals surface area (Å²) in [7, 11) is 0. The lowest BCUT2D eigenvalue weighted by Crippen LogP contribution is -2.02. The van der Waals surface area contributed by atoms with Gasteiger partial charge in [0.1, 0.15) is 28.5 Å². The Morgan fingerprint density at radius 3 is 2.61 bits per heavy atom. The molecule has 0 fully saturated rings. The van der Waals surface area contributed by atoms with E-state index in [1.165, 1.54) is 18.3 Å². The highest BCUT2D eigenvalue weighted by molar-refractivity contribution is 9.10. The molecule has 0 aliphatic rings. The second-order valence-electron chi connectivity index (χ2n) is 4.63. The maximum Gasteiger partial charge on any atom is 0.341 e. The minimum absolute atomic E-state index is 0.0271. The van der Waals surface area contributed by atoms with Gasteiger partial charge < -0.3 is 10.2 Å². The molecule has 0 aliphatic heterocycles. The predicted molar refractivity (Wildman–Crippen MR) is 81.2 cm³/mol. The van der Waals surface area contributed by atoms with Crippen LogP contribution in [0.4, 0.5) is 8.78 Å². The number of halogens is 3. The molecule has 1 heterocycles.